The molecule has 0 radical (unpaired) electrons. The predicted octanol–water partition coefficient (Wildman–Crippen LogP) is 2.01. The summed E-state index contributed by atoms with van der Waals surface area (Å²) in [5.41, 5.74) is 5.85. The van der Waals surface area contributed by atoms with Crippen molar-refractivity contribution >= 4 is 30.7 Å². The molecule has 1 aromatic heterocycles. The van der Waals surface area contributed by atoms with Crippen LogP contribution in [-0.4, -0.2) is 27.9 Å². The molecule has 0 aliphatic heterocycles. The van der Waals surface area contributed by atoms with Gasteiger partial charge in [-0.1, -0.05) is 6.07 Å². The Bertz CT molecular complexity index is 352. The van der Waals surface area contributed by atoms with Crippen molar-refractivity contribution in [2.75, 3.05) is 6.54 Å². The summed E-state index contributed by atoms with van der Waals surface area (Å²) in [5.74, 6) is -0.0550. The molecule has 0 atom stereocenters. The van der Waals surface area contributed by atoms with Crippen LogP contribution >= 0.6 is 24.8 Å². The summed E-state index contributed by atoms with van der Waals surface area (Å²) in [6.07, 6.45) is 1.72. The SMILES string of the molecule is CCN(Cc1ccccn1)C(=O)C(C)(C)N.Cl.Cl. The van der Waals surface area contributed by atoms with E-state index >= 15 is 0 Å². The van der Waals surface area contributed by atoms with Gasteiger partial charge in [0.2, 0.25) is 5.91 Å². The summed E-state index contributed by atoms with van der Waals surface area (Å²) in [6.45, 7) is 6.52. The Morgan fingerprint density at radius 2 is 2.00 bits per heavy atom. The van der Waals surface area contributed by atoms with Gasteiger partial charge in [-0.3, -0.25) is 9.78 Å². The van der Waals surface area contributed by atoms with Gasteiger partial charge < -0.3 is 10.6 Å². The van der Waals surface area contributed by atoms with Crippen LogP contribution in [0.4, 0.5) is 0 Å². The van der Waals surface area contributed by atoms with Crippen molar-refractivity contribution in [3.63, 3.8) is 0 Å². The first kappa shape index (κ1) is 19.5. The Morgan fingerprint density at radius 3 is 2.39 bits per heavy atom. The third-order valence-corrected chi connectivity index (χ3v) is 2.30. The molecular formula is C12H21Cl2N3O. The predicted molar refractivity (Wildman–Crippen MR) is 78.1 cm³/mol. The molecule has 0 spiro atoms. The van der Waals surface area contributed by atoms with Crippen LogP contribution in [0.2, 0.25) is 0 Å². The number of pyridine rings is 1. The Labute approximate surface area is 121 Å². The maximum absolute atomic E-state index is 12.0. The minimum Gasteiger partial charge on any atom is -0.335 e. The number of amides is 1. The number of nitrogens with zero attached hydrogens (tertiary/aromatic N) is 2. The van der Waals surface area contributed by atoms with Gasteiger partial charge in [0, 0.05) is 12.7 Å². The van der Waals surface area contributed by atoms with Crippen molar-refractivity contribution in [1.29, 1.82) is 0 Å². The highest BCUT2D eigenvalue weighted by atomic mass is 35.5. The van der Waals surface area contributed by atoms with Crippen LogP contribution in [0, 0.1) is 0 Å². The molecule has 6 heteroatoms. The zero-order chi connectivity index (χ0) is 12.2. The fourth-order valence-electron chi connectivity index (χ4n) is 1.42. The Hall–Kier alpha value is -0.840. The second-order valence-corrected chi connectivity index (χ2v) is 4.36. The maximum Gasteiger partial charge on any atom is 0.242 e. The molecule has 0 unspecified atom stereocenters. The van der Waals surface area contributed by atoms with Crippen molar-refractivity contribution in [3.05, 3.63) is 30.1 Å². The van der Waals surface area contributed by atoms with Crippen LogP contribution in [0.3, 0.4) is 0 Å². The van der Waals surface area contributed by atoms with Crippen LogP contribution in [-0.2, 0) is 11.3 Å². The third-order valence-electron chi connectivity index (χ3n) is 2.30. The van der Waals surface area contributed by atoms with E-state index in [-0.39, 0.29) is 30.7 Å². The molecule has 0 bridgehead atoms. The number of hydrogen-bond acceptors (Lipinski definition) is 3. The Morgan fingerprint density at radius 1 is 1.39 bits per heavy atom. The topological polar surface area (TPSA) is 59.2 Å². The minimum absolute atomic E-state index is 0. The second kappa shape index (κ2) is 8.29. The molecule has 2 N–H and O–H groups in total. The largest absolute Gasteiger partial charge is 0.335 e. The lowest BCUT2D eigenvalue weighted by Gasteiger charge is -2.28. The number of aromatic nitrogens is 1. The summed E-state index contributed by atoms with van der Waals surface area (Å²) >= 11 is 0. The minimum atomic E-state index is -0.829. The van der Waals surface area contributed by atoms with E-state index in [4.69, 9.17) is 5.73 Å². The highest BCUT2D eigenvalue weighted by Gasteiger charge is 2.26. The summed E-state index contributed by atoms with van der Waals surface area (Å²) in [4.78, 5) is 17.9. The Balaban J connectivity index is 0. The first-order valence-corrected chi connectivity index (χ1v) is 5.43. The van der Waals surface area contributed by atoms with E-state index in [1.807, 2.05) is 25.1 Å². The molecule has 0 saturated carbocycles. The zero-order valence-electron chi connectivity index (χ0n) is 10.9. The van der Waals surface area contributed by atoms with Gasteiger partial charge in [0.15, 0.2) is 0 Å². The number of rotatable bonds is 4. The molecule has 0 aliphatic rings. The van der Waals surface area contributed by atoms with E-state index < -0.39 is 5.54 Å². The summed E-state index contributed by atoms with van der Waals surface area (Å²) in [5, 5.41) is 0. The molecule has 0 aliphatic carbocycles. The van der Waals surface area contributed by atoms with Crippen molar-refractivity contribution in [3.8, 4) is 0 Å². The van der Waals surface area contributed by atoms with Gasteiger partial charge in [-0.05, 0) is 32.9 Å². The van der Waals surface area contributed by atoms with Gasteiger partial charge in [0.1, 0.15) is 0 Å². The second-order valence-electron chi connectivity index (χ2n) is 4.36. The number of nitrogens with two attached hydrogens (primary N) is 1. The molecule has 1 aromatic rings. The normalized spacial score (nSPS) is 10.0. The van der Waals surface area contributed by atoms with E-state index in [0.29, 0.717) is 13.1 Å². The lowest BCUT2D eigenvalue weighted by atomic mass is 10.1. The standard InChI is InChI=1S/C12H19N3O.2ClH/c1-4-15(11(16)12(2,3)13)9-10-7-5-6-8-14-10;;/h5-8H,4,9,13H2,1-3H3;2*1H. The average Bonchev–Trinajstić information content (AvgIpc) is 2.25. The van der Waals surface area contributed by atoms with Crippen LogP contribution in [0.5, 0.6) is 0 Å². The molecule has 0 aromatic carbocycles. The van der Waals surface area contributed by atoms with Crippen LogP contribution in [0.1, 0.15) is 26.5 Å². The van der Waals surface area contributed by atoms with Crippen LogP contribution in [0.15, 0.2) is 24.4 Å². The van der Waals surface area contributed by atoms with Gasteiger partial charge in [0.25, 0.3) is 0 Å². The number of likely N-dealkylation sites (N-methyl/N-ethyl adjacent to an activating group) is 1. The number of hydrogen-bond donors (Lipinski definition) is 1. The molecule has 104 valence electrons. The van der Waals surface area contributed by atoms with Crippen molar-refractivity contribution < 1.29 is 4.79 Å². The van der Waals surface area contributed by atoms with Crippen molar-refractivity contribution in [2.24, 2.45) is 5.73 Å². The molecule has 18 heavy (non-hydrogen) atoms. The molecule has 0 saturated heterocycles. The molecule has 4 nitrogen and oxygen atoms in total. The molecule has 0 fully saturated rings. The smallest absolute Gasteiger partial charge is 0.242 e. The summed E-state index contributed by atoms with van der Waals surface area (Å²) in [6, 6.07) is 5.67. The number of carbonyl (C=O) groups excluding carboxylic acids is 1. The number of halogens is 2. The van der Waals surface area contributed by atoms with E-state index in [9.17, 15) is 4.79 Å². The molecule has 1 amide bonds. The van der Waals surface area contributed by atoms with Gasteiger partial charge in [0.05, 0.1) is 17.8 Å². The van der Waals surface area contributed by atoms with Gasteiger partial charge >= 0.3 is 0 Å². The van der Waals surface area contributed by atoms with Crippen molar-refractivity contribution in [2.45, 2.75) is 32.9 Å². The van der Waals surface area contributed by atoms with Crippen LogP contribution < -0.4 is 5.73 Å². The van der Waals surface area contributed by atoms with Gasteiger partial charge in [-0.25, -0.2) is 0 Å². The van der Waals surface area contributed by atoms with E-state index in [0.717, 1.165) is 5.69 Å². The highest BCUT2D eigenvalue weighted by Crippen LogP contribution is 2.08. The first-order valence-electron chi connectivity index (χ1n) is 5.43. The first-order chi connectivity index (χ1) is 7.45. The van der Waals surface area contributed by atoms with E-state index in [2.05, 4.69) is 4.98 Å². The molecule has 1 rings (SSSR count). The number of carbonyl (C=O) groups is 1. The summed E-state index contributed by atoms with van der Waals surface area (Å²) in [7, 11) is 0. The monoisotopic (exact) mass is 293 g/mol. The Kier molecular flexibility index (Phi) is 8.99. The highest BCUT2D eigenvalue weighted by molar-refractivity contribution is 5.86. The van der Waals surface area contributed by atoms with Crippen molar-refractivity contribution in [1.82, 2.24) is 9.88 Å². The third kappa shape index (κ3) is 5.67. The quantitative estimate of drug-likeness (QED) is 0.924. The van der Waals surface area contributed by atoms with Crippen LogP contribution in [0.25, 0.3) is 0 Å². The van der Waals surface area contributed by atoms with E-state index in [1.165, 1.54) is 0 Å². The van der Waals surface area contributed by atoms with E-state index in [1.54, 1.807) is 24.9 Å². The maximum atomic E-state index is 12.0. The lowest BCUT2D eigenvalue weighted by molar-refractivity contribution is -0.136. The van der Waals surface area contributed by atoms with Gasteiger partial charge in [-0.15, -0.1) is 24.8 Å². The van der Waals surface area contributed by atoms with Gasteiger partial charge in [-0.2, -0.15) is 0 Å². The lowest BCUT2D eigenvalue weighted by Crippen LogP contribution is -2.50. The average molecular weight is 294 g/mol. The molecular weight excluding hydrogens is 273 g/mol. The summed E-state index contributed by atoms with van der Waals surface area (Å²) < 4.78 is 0. The molecule has 1 heterocycles. The fourth-order valence-corrected chi connectivity index (χ4v) is 1.42. The fraction of sp³-hybridized carbons (Fsp3) is 0.500. The zero-order valence-corrected chi connectivity index (χ0v) is 12.6.